The highest BCUT2D eigenvalue weighted by Gasteiger charge is 2.38. The summed E-state index contributed by atoms with van der Waals surface area (Å²) in [7, 11) is 0. The zero-order valence-electron chi connectivity index (χ0n) is 9.37. The molecule has 4 nitrogen and oxygen atoms in total. The van der Waals surface area contributed by atoms with E-state index in [1.165, 1.54) is 0 Å². The average molecular weight is 255 g/mol. The molecule has 1 aliphatic rings. The first-order chi connectivity index (χ1) is 8.08. The van der Waals surface area contributed by atoms with Gasteiger partial charge >= 0.3 is 0 Å². The molecule has 1 saturated carbocycles. The van der Waals surface area contributed by atoms with E-state index in [9.17, 15) is 9.90 Å². The van der Waals surface area contributed by atoms with Crippen LogP contribution >= 0.6 is 11.6 Å². The van der Waals surface area contributed by atoms with Crippen LogP contribution in [0.4, 0.5) is 5.69 Å². The third-order valence-electron chi connectivity index (χ3n) is 3.29. The first-order valence-electron chi connectivity index (χ1n) is 5.55. The second-order valence-corrected chi connectivity index (χ2v) is 4.85. The number of hydrogen-bond donors (Lipinski definition) is 3. The number of amides is 1. The highest BCUT2D eigenvalue weighted by molar-refractivity contribution is 6.33. The van der Waals surface area contributed by atoms with E-state index in [1.807, 2.05) is 0 Å². The molecule has 0 saturated heterocycles. The number of nitrogens with two attached hydrogens (primary N) is 1. The van der Waals surface area contributed by atoms with Crippen molar-refractivity contribution in [3.63, 3.8) is 0 Å². The summed E-state index contributed by atoms with van der Waals surface area (Å²) in [4.78, 5) is 12.0. The van der Waals surface area contributed by atoms with Crippen LogP contribution in [0.3, 0.4) is 0 Å². The van der Waals surface area contributed by atoms with Gasteiger partial charge in [-0.05, 0) is 31.4 Å². The largest absolute Gasteiger partial charge is 0.397 e. The van der Waals surface area contributed by atoms with Crippen molar-refractivity contribution < 1.29 is 9.90 Å². The van der Waals surface area contributed by atoms with Gasteiger partial charge in [0.2, 0.25) is 0 Å². The summed E-state index contributed by atoms with van der Waals surface area (Å²) in [5.41, 5.74) is 5.92. The van der Waals surface area contributed by atoms with Gasteiger partial charge in [0.05, 0.1) is 28.4 Å². The second kappa shape index (κ2) is 4.55. The molecule has 0 spiro atoms. The summed E-state index contributed by atoms with van der Waals surface area (Å²) in [5.74, 6) is -0.279. The van der Waals surface area contributed by atoms with Crippen molar-refractivity contribution in [1.82, 2.24) is 5.32 Å². The van der Waals surface area contributed by atoms with Crippen LogP contribution in [0.5, 0.6) is 0 Å². The van der Waals surface area contributed by atoms with E-state index >= 15 is 0 Å². The van der Waals surface area contributed by atoms with Crippen LogP contribution in [0.2, 0.25) is 5.02 Å². The zero-order chi connectivity index (χ0) is 12.5. The molecule has 0 aromatic heterocycles. The van der Waals surface area contributed by atoms with E-state index in [0.29, 0.717) is 10.6 Å². The number of hydrogen-bond acceptors (Lipinski definition) is 3. The Morgan fingerprint density at radius 3 is 2.76 bits per heavy atom. The molecule has 4 N–H and O–H groups in total. The van der Waals surface area contributed by atoms with Gasteiger partial charge in [0.1, 0.15) is 0 Å². The van der Waals surface area contributed by atoms with E-state index in [2.05, 4.69) is 5.32 Å². The Morgan fingerprint density at radius 2 is 2.24 bits per heavy atom. The van der Waals surface area contributed by atoms with Gasteiger partial charge in [-0.2, -0.15) is 0 Å². The predicted octanol–water partition coefficient (Wildman–Crippen LogP) is 1.57. The van der Waals surface area contributed by atoms with Gasteiger partial charge in [-0.3, -0.25) is 4.79 Å². The van der Waals surface area contributed by atoms with Crippen molar-refractivity contribution in [2.45, 2.75) is 24.8 Å². The molecular formula is C12H15ClN2O2. The minimum Gasteiger partial charge on any atom is -0.397 e. The molecule has 0 atom stereocenters. The van der Waals surface area contributed by atoms with E-state index in [1.54, 1.807) is 18.2 Å². The quantitative estimate of drug-likeness (QED) is 0.717. The van der Waals surface area contributed by atoms with Crippen molar-refractivity contribution in [3.05, 3.63) is 28.8 Å². The van der Waals surface area contributed by atoms with Crippen LogP contribution in [-0.4, -0.2) is 23.2 Å². The number of rotatable bonds is 3. The number of benzene rings is 1. The lowest BCUT2D eigenvalue weighted by atomic mass is 9.77. The Hall–Kier alpha value is -1.26. The Morgan fingerprint density at radius 1 is 1.53 bits per heavy atom. The van der Waals surface area contributed by atoms with E-state index < -0.39 is 5.54 Å². The summed E-state index contributed by atoms with van der Waals surface area (Å²) >= 11 is 5.86. The monoisotopic (exact) mass is 254 g/mol. The lowest BCUT2D eigenvalue weighted by Crippen LogP contribution is -2.56. The minimum atomic E-state index is -0.466. The number of carbonyl (C=O) groups excluding carboxylic acids is 1. The molecule has 92 valence electrons. The normalized spacial score (nSPS) is 17.3. The number of carbonyl (C=O) groups is 1. The Labute approximate surface area is 105 Å². The smallest absolute Gasteiger partial charge is 0.253 e. The number of nitrogen functional groups attached to an aromatic ring is 1. The fraction of sp³-hybridized carbons (Fsp3) is 0.417. The molecule has 0 aliphatic heterocycles. The standard InChI is InChI=1S/C12H15ClN2O2/c13-9-4-1-3-8(10(9)14)11(17)15-12(7-16)5-2-6-12/h1,3-4,16H,2,5-7,14H2,(H,15,17). The van der Waals surface area contributed by atoms with Crippen molar-refractivity contribution in [2.24, 2.45) is 0 Å². The van der Waals surface area contributed by atoms with Crippen LogP contribution < -0.4 is 11.1 Å². The summed E-state index contributed by atoms with van der Waals surface area (Å²) in [6.45, 7) is -0.0424. The van der Waals surface area contributed by atoms with Crippen LogP contribution in [-0.2, 0) is 0 Å². The molecule has 1 aliphatic carbocycles. The lowest BCUT2D eigenvalue weighted by molar-refractivity contribution is 0.0642. The molecule has 1 amide bonds. The number of anilines is 1. The number of aliphatic hydroxyl groups excluding tert-OH is 1. The topological polar surface area (TPSA) is 75.4 Å². The number of halogens is 1. The fourth-order valence-electron chi connectivity index (χ4n) is 1.97. The summed E-state index contributed by atoms with van der Waals surface area (Å²) in [5, 5.41) is 12.5. The maximum absolute atomic E-state index is 12.0. The van der Waals surface area contributed by atoms with E-state index in [-0.39, 0.29) is 18.2 Å². The van der Waals surface area contributed by atoms with Gasteiger partial charge < -0.3 is 16.2 Å². The number of para-hydroxylation sites is 1. The Balaban J connectivity index is 2.17. The number of aliphatic hydroxyl groups is 1. The van der Waals surface area contributed by atoms with Crippen molar-refractivity contribution in [3.8, 4) is 0 Å². The van der Waals surface area contributed by atoms with E-state index in [4.69, 9.17) is 17.3 Å². The molecule has 0 unspecified atom stereocenters. The van der Waals surface area contributed by atoms with E-state index in [0.717, 1.165) is 19.3 Å². The number of nitrogens with one attached hydrogen (secondary N) is 1. The molecule has 1 aromatic rings. The molecule has 1 aromatic carbocycles. The molecule has 0 radical (unpaired) electrons. The van der Waals surface area contributed by atoms with Crippen LogP contribution in [0.15, 0.2) is 18.2 Å². The highest BCUT2D eigenvalue weighted by Crippen LogP contribution is 2.32. The van der Waals surface area contributed by atoms with Gasteiger partial charge in [0.25, 0.3) is 5.91 Å². The molecule has 17 heavy (non-hydrogen) atoms. The molecule has 0 bridgehead atoms. The lowest BCUT2D eigenvalue weighted by Gasteiger charge is -2.41. The molecule has 2 rings (SSSR count). The summed E-state index contributed by atoms with van der Waals surface area (Å²) in [6.07, 6.45) is 2.62. The average Bonchev–Trinajstić information content (AvgIpc) is 2.27. The first kappa shape index (κ1) is 12.2. The molecular weight excluding hydrogens is 240 g/mol. The Bertz CT molecular complexity index is 439. The molecule has 0 heterocycles. The third-order valence-corrected chi connectivity index (χ3v) is 3.62. The van der Waals surface area contributed by atoms with Crippen molar-refractivity contribution >= 4 is 23.2 Å². The zero-order valence-corrected chi connectivity index (χ0v) is 10.1. The first-order valence-corrected chi connectivity index (χ1v) is 5.93. The van der Waals surface area contributed by atoms with Crippen LogP contribution in [0, 0.1) is 0 Å². The minimum absolute atomic E-state index is 0.0424. The predicted molar refractivity (Wildman–Crippen MR) is 67.0 cm³/mol. The maximum atomic E-state index is 12.0. The SMILES string of the molecule is Nc1c(Cl)cccc1C(=O)NC1(CO)CCC1. The second-order valence-electron chi connectivity index (χ2n) is 4.45. The third kappa shape index (κ3) is 2.23. The fourth-order valence-corrected chi connectivity index (χ4v) is 2.14. The van der Waals surface area contributed by atoms with Crippen LogP contribution in [0.1, 0.15) is 29.6 Å². The maximum Gasteiger partial charge on any atom is 0.253 e. The van der Waals surface area contributed by atoms with Gasteiger partial charge in [0, 0.05) is 0 Å². The van der Waals surface area contributed by atoms with Crippen molar-refractivity contribution in [1.29, 1.82) is 0 Å². The Kier molecular flexibility index (Phi) is 3.26. The van der Waals surface area contributed by atoms with Crippen LogP contribution in [0.25, 0.3) is 0 Å². The van der Waals surface area contributed by atoms with Gasteiger partial charge in [-0.15, -0.1) is 0 Å². The highest BCUT2D eigenvalue weighted by atomic mass is 35.5. The van der Waals surface area contributed by atoms with Crippen molar-refractivity contribution in [2.75, 3.05) is 12.3 Å². The van der Waals surface area contributed by atoms with Gasteiger partial charge in [-0.25, -0.2) is 0 Å². The molecule has 1 fully saturated rings. The summed E-state index contributed by atoms with van der Waals surface area (Å²) in [6, 6.07) is 4.94. The molecule has 5 heteroatoms. The van der Waals surface area contributed by atoms with Gasteiger partial charge in [0.15, 0.2) is 0 Å². The summed E-state index contributed by atoms with van der Waals surface area (Å²) < 4.78 is 0. The van der Waals surface area contributed by atoms with Gasteiger partial charge in [-0.1, -0.05) is 17.7 Å².